The predicted octanol–water partition coefficient (Wildman–Crippen LogP) is 5.36. The molecule has 1 aliphatic rings. The maximum atomic E-state index is 13.7. The number of hydrogen-bond donors (Lipinski definition) is 0. The smallest absolute Gasteiger partial charge is 0.268 e. The molecule has 1 amide bonds. The third kappa shape index (κ3) is 3.28. The fourth-order valence-electron chi connectivity index (χ4n) is 3.78. The Kier molecular flexibility index (Phi) is 4.43. The Morgan fingerprint density at radius 2 is 1.80 bits per heavy atom. The molecule has 4 nitrogen and oxygen atoms in total. The molecule has 0 N–H and O–H groups in total. The molecule has 0 fully saturated rings. The van der Waals surface area contributed by atoms with Gasteiger partial charge in [-0.05, 0) is 54.4 Å². The van der Waals surface area contributed by atoms with Crippen LogP contribution in [0.25, 0.3) is 22.0 Å². The zero-order chi connectivity index (χ0) is 20.7. The maximum Gasteiger partial charge on any atom is 0.268 e. The number of para-hydroxylation sites is 1. The fraction of sp³-hybridized carbons (Fsp3) is 0.120. The highest BCUT2D eigenvalue weighted by atomic mass is 19.1. The largest absolute Gasteiger partial charge is 0.479 e. The Morgan fingerprint density at radius 1 is 0.967 bits per heavy atom. The topological polar surface area (TPSA) is 42.4 Å². The molecule has 4 aromatic rings. The fourth-order valence-corrected chi connectivity index (χ4v) is 3.78. The van der Waals surface area contributed by atoms with Crippen LogP contribution in [-0.4, -0.2) is 17.0 Å². The molecule has 3 aromatic carbocycles. The first-order valence-corrected chi connectivity index (χ1v) is 9.81. The van der Waals surface area contributed by atoms with Crippen molar-refractivity contribution < 1.29 is 13.9 Å². The normalized spacial score (nSPS) is 15.7. The standard InChI is InChI=1S/C25H19FN2O2/c1-16-25(29)28(15-21-11-9-17-5-2-3-8-22(17)27-21)23-14-19(10-12-24(23)30-16)18-6-4-7-20(26)13-18/h2-14,16H,15H2,1H3. The second kappa shape index (κ2) is 7.26. The molecule has 0 aliphatic carbocycles. The van der Waals surface area contributed by atoms with Gasteiger partial charge in [-0.3, -0.25) is 14.7 Å². The zero-order valence-electron chi connectivity index (χ0n) is 16.4. The summed E-state index contributed by atoms with van der Waals surface area (Å²) in [6, 6.07) is 23.8. The molecule has 0 bridgehead atoms. The van der Waals surface area contributed by atoms with Crippen molar-refractivity contribution in [3.8, 4) is 16.9 Å². The minimum absolute atomic E-state index is 0.131. The number of ether oxygens (including phenoxy) is 1. The molecule has 5 heteroatoms. The van der Waals surface area contributed by atoms with E-state index in [0.29, 0.717) is 18.0 Å². The molecule has 0 saturated heterocycles. The second-order valence-corrected chi connectivity index (χ2v) is 7.37. The van der Waals surface area contributed by atoms with Gasteiger partial charge in [0.1, 0.15) is 11.6 Å². The number of halogens is 1. The van der Waals surface area contributed by atoms with Crippen LogP contribution in [0.15, 0.2) is 78.9 Å². The quantitative estimate of drug-likeness (QED) is 0.467. The van der Waals surface area contributed by atoms with Crippen molar-refractivity contribution in [2.24, 2.45) is 0 Å². The summed E-state index contributed by atoms with van der Waals surface area (Å²) in [7, 11) is 0. The van der Waals surface area contributed by atoms with E-state index in [0.717, 1.165) is 27.7 Å². The van der Waals surface area contributed by atoms with Crippen molar-refractivity contribution in [2.75, 3.05) is 4.90 Å². The third-order valence-corrected chi connectivity index (χ3v) is 5.30. The van der Waals surface area contributed by atoms with Gasteiger partial charge in [0, 0.05) is 5.39 Å². The third-order valence-electron chi connectivity index (χ3n) is 5.30. The van der Waals surface area contributed by atoms with Crippen LogP contribution in [0.4, 0.5) is 10.1 Å². The Bertz CT molecular complexity index is 1270. The van der Waals surface area contributed by atoms with Gasteiger partial charge in [0.15, 0.2) is 6.10 Å². The SMILES string of the molecule is CC1Oc2ccc(-c3cccc(F)c3)cc2N(Cc2ccc3ccccc3n2)C1=O. The van der Waals surface area contributed by atoms with E-state index < -0.39 is 6.10 Å². The van der Waals surface area contributed by atoms with Crippen LogP contribution in [0, 0.1) is 5.82 Å². The Balaban J connectivity index is 1.56. The molecular weight excluding hydrogens is 379 g/mol. The lowest BCUT2D eigenvalue weighted by Gasteiger charge is -2.33. The van der Waals surface area contributed by atoms with Crippen molar-refractivity contribution in [3.05, 3.63) is 90.4 Å². The first-order valence-electron chi connectivity index (χ1n) is 9.81. The van der Waals surface area contributed by atoms with E-state index in [1.807, 2.05) is 60.7 Å². The lowest BCUT2D eigenvalue weighted by atomic mass is 10.0. The van der Waals surface area contributed by atoms with E-state index in [-0.39, 0.29) is 11.7 Å². The van der Waals surface area contributed by atoms with Crippen LogP contribution in [0.2, 0.25) is 0 Å². The average molecular weight is 398 g/mol. The summed E-state index contributed by atoms with van der Waals surface area (Å²) < 4.78 is 19.5. The van der Waals surface area contributed by atoms with E-state index in [2.05, 4.69) is 0 Å². The highest BCUT2D eigenvalue weighted by Gasteiger charge is 2.32. The summed E-state index contributed by atoms with van der Waals surface area (Å²) >= 11 is 0. The summed E-state index contributed by atoms with van der Waals surface area (Å²) in [5, 5.41) is 1.05. The van der Waals surface area contributed by atoms with E-state index in [4.69, 9.17) is 9.72 Å². The van der Waals surface area contributed by atoms with Gasteiger partial charge in [-0.25, -0.2) is 4.39 Å². The highest BCUT2D eigenvalue weighted by Crippen LogP contribution is 2.38. The highest BCUT2D eigenvalue weighted by molar-refractivity contribution is 6.00. The van der Waals surface area contributed by atoms with Crippen molar-refractivity contribution in [1.82, 2.24) is 4.98 Å². The van der Waals surface area contributed by atoms with Gasteiger partial charge in [-0.2, -0.15) is 0 Å². The summed E-state index contributed by atoms with van der Waals surface area (Å²) in [6.07, 6.45) is -0.585. The van der Waals surface area contributed by atoms with E-state index in [1.165, 1.54) is 12.1 Å². The molecule has 1 atom stereocenters. The van der Waals surface area contributed by atoms with Gasteiger partial charge in [0.25, 0.3) is 5.91 Å². The molecule has 0 radical (unpaired) electrons. The Morgan fingerprint density at radius 3 is 2.67 bits per heavy atom. The Hall–Kier alpha value is -3.73. The molecule has 30 heavy (non-hydrogen) atoms. The van der Waals surface area contributed by atoms with Crippen molar-refractivity contribution in [3.63, 3.8) is 0 Å². The molecule has 1 unspecified atom stereocenters. The maximum absolute atomic E-state index is 13.7. The molecule has 1 aromatic heterocycles. The van der Waals surface area contributed by atoms with Crippen molar-refractivity contribution in [2.45, 2.75) is 19.6 Å². The second-order valence-electron chi connectivity index (χ2n) is 7.37. The molecule has 1 aliphatic heterocycles. The summed E-state index contributed by atoms with van der Waals surface area (Å²) in [4.78, 5) is 19.4. The number of pyridine rings is 1. The van der Waals surface area contributed by atoms with Crippen LogP contribution in [0.3, 0.4) is 0 Å². The van der Waals surface area contributed by atoms with Gasteiger partial charge >= 0.3 is 0 Å². The molecule has 148 valence electrons. The number of aromatic nitrogens is 1. The zero-order valence-corrected chi connectivity index (χ0v) is 16.4. The van der Waals surface area contributed by atoms with Gasteiger partial charge < -0.3 is 4.74 Å². The van der Waals surface area contributed by atoms with Crippen LogP contribution in [0.1, 0.15) is 12.6 Å². The van der Waals surface area contributed by atoms with Crippen LogP contribution < -0.4 is 9.64 Å². The summed E-state index contributed by atoms with van der Waals surface area (Å²) in [6.45, 7) is 2.07. The summed E-state index contributed by atoms with van der Waals surface area (Å²) in [5.41, 5.74) is 3.90. The first kappa shape index (κ1) is 18.3. The summed E-state index contributed by atoms with van der Waals surface area (Å²) in [5.74, 6) is 0.195. The minimum Gasteiger partial charge on any atom is -0.479 e. The van der Waals surface area contributed by atoms with E-state index >= 15 is 0 Å². The Labute approximate surface area is 173 Å². The van der Waals surface area contributed by atoms with Gasteiger partial charge in [-0.1, -0.05) is 42.5 Å². The van der Waals surface area contributed by atoms with Crippen LogP contribution in [0.5, 0.6) is 5.75 Å². The minimum atomic E-state index is -0.585. The number of fused-ring (bicyclic) bond motifs is 2. The number of carbonyl (C=O) groups excluding carboxylic acids is 1. The van der Waals surface area contributed by atoms with Gasteiger partial charge in [0.05, 0.1) is 23.4 Å². The van der Waals surface area contributed by atoms with Crippen LogP contribution >= 0.6 is 0 Å². The molecule has 2 heterocycles. The van der Waals surface area contributed by atoms with Crippen LogP contribution in [-0.2, 0) is 11.3 Å². The number of nitrogens with zero attached hydrogens (tertiary/aromatic N) is 2. The van der Waals surface area contributed by atoms with E-state index in [9.17, 15) is 9.18 Å². The number of carbonyl (C=O) groups is 1. The molecule has 0 spiro atoms. The number of rotatable bonds is 3. The number of amides is 1. The molecular formula is C25H19FN2O2. The lowest BCUT2D eigenvalue weighted by Crippen LogP contribution is -2.44. The molecule has 0 saturated carbocycles. The predicted molar refractivity (Wildman–Crippen MR) is 115 cm³/mol. The van der Waals surface area contributed by atoms with Gasteiger partial charge in [0.2, 0.25) is 0 Å². The number of anilines is 1. The number of hydrogen-bond acceptors (Lipinski definition) is 3. The average Bonchev–Trinajstić information content (AvgIpc) is 2.76. The number of benzene rings is 3. The molecule has 5 rings (SSSR count). The van der Waals surface area contributed by atoms with Gasteiger partial charge in [-0.15, -0.1) is 0 Å². The first-order chi connectivity index (χ1) is 14.6. The van der Waals surface area contributed by atoms with E-state index in [1.54, 1.807) is 17.9 Å². The van der Waals surface area contributed by atoms with Crippen molar-refractivity contribution >= 4 is 22.5 Å². The monoisotopic (exact) mass is 398 g/mol. The van der Waals surface area contributed by atoms with Crippen molar-refractivity contribution in [1.29, 1.82) is 0 Å². The lowest BCUT2D eigenvalue weighted by molar-refractivity contribution is -0.125.